The average molecular weight is 365 g/mol. The lowest BCUT2D eigenvalue weighted by Gasteiger charge is -2.11. The fourth-order valence-electron chi connectivity index (χ4n) is 1.72. The van der Waals surface area contributed by atoms with Crippen molar-refractivity contribution in [2.24, 2.45) is 5.92 Å². The highest BCUT2D eigenvalue weighted by atomic mass is 32.1. The Bertz CT molecular complexity index is 629. The van der Waals surface area contributed by atoms with Crippen LogP contribution in [0.3, 0.4) is 0 Å². The highest BCUT2D eigenvalue weighted by molar-refractivity contribution is 7.80. The van der Waals surface area contributed by atoms with E-state index in [9.17, 15) is 14.4 Å². The summed E-state index contributed by atoms with van der Waals surface area (Å²) >= 11 is 5.05. The van der Waals surface area contributed by atoms with Crippen LogP contribution in [0.25, 0.3) is 0 Å². The van der Waals surface area contributed by atoms with E-state index in [2.05, 4.69) is 16.0 Å². The maximum absolute atomic E-state index is 11.7. The molecule has 1 aromatic rings. The van der Waals surface area contributed by atoms with Gasteiger partial charge in [-0.3, -0.25) is 14.4 Å². The predicted octanol–water partition coefficient (Wildman–Crippen LogP) is 2.44. The van der Waals surface area contributed by atoms with Crippen molar-refractivity contribution >= 4 is 46.5 Å². The summed E-state index contributed by atoms with van der Waals surface area (Å²) in [6.07, 6.45) is 0.00730. The molecule has 1 rings (SSSR count). The van der Waals surface area contributed by atoms with E-state index in [0.29, 0.717) is 11.4 Å². The Morgan fingerprint density at radius 3 is 2.12 bits per heavy atom. The molecule has 0 unspecified atom stereocenters. The van der Waals surface area contributed by atoms with E-state index >= 15 is 0 Å². The number of carbonyl (C=O) groups excluding carboxylic acids is 3. The molecule has 0 fully saturated rings. The molecule has 0 bridgehead atoms. The second kappa shape index (κ2) is 10.4. The monoisotopic (exact) mass is 365 g/mol. The van der Waals surface area contributed by atoms with Crippen molar-refractivity contribution in [2.75, 3.05) is 17.2 Å². The molecule has 136 valence electrons. The number of anilines is 2. The number of ether oxygens (including phenoxy) is 1. The van der Waals surface area contributed by atoms with E-state index in [0.717, 1.165) is 0 Å². The molecule has 0 aliphatic heterocycles. The van der Waals surface area contributed by atoms with Gasteiger partial charge in [-0.2, -0.15) is 0 Å². The molecule has 0 aliphatic carbocycles. The normalized spacial score (nSPS) is 10.1. The zero-order valence-electron chi connectivity index (χ0n) is 14.5. The molecule has 0 atom stereocenters. The highest BCUT2D eigenvalue weighted by Crippen LogP contribution is 2.14. The van der Waals surface area contributed by atoms with Gasteiger partial charge in [-0.1, -0.05) is 13.8 Å². The third kappa shape index (κ3) is 8.25. The molecular weight excluding hydrogens is 342 g/mol. The summed E-state index contributed by atoms with van der Waals surface area (Å²) in [4.78, 5) is 34.5. The summed E-state index contributed by atoms with van der Waals surface area (Å²) in [5.74, 6) is -0.956. The summed E-state index contributed by atoms with van der Waals surface area (Å²) in [5.41, 5.74) is 1.34. The van der Waals surface area contributed by atoms with E-state index < -0.39 is 5.97 Å². The minimum atomic E-state index is -0.421. The molecule has 0 saturated heterocycles. The van der Waals surface area contributed by atoms with E-state index in [-0.39, 0.29) is 42.3 Å². The van der Waals surface area contributed by atoms with Crippen LogP contribution in [0, 0.1) is 5.92 Å². The molecule has 0 heterocycles. The lowest BCUT2D eigenvalue weighted by atomic mass is 10.2. The van der Waals surface area contributed by atoms with Gasteiger partial charge >= 0.3 is 5.97 Å². The Hall–Kier alpha value is -2.48. The number of rotatable bonds is 7. The molecule has 8 heteroatoms. The molecule has 2 amide bonds. The van der Waals surface area contributed by atoms with Crippen molar-refractivity contribution in [3.8, 4) is 0 Å². The Kier molecular flexibility index (Phi) is 8.55. The zero-order chi connectivity index (χ0) is 18.8. The van der Waals surface area contributed by atoms with Gasteiger partial charge in [0.05, 0.1) is 13.0 Å². The van der Waals surface area contributed by atoms with Crippen LogP contribution in [0.2, 0.25) is 0 Å². The first-order chi connectivity index (χ1) is 11.8. The summed E-state index contributed by atoms with van der Waals surface area (Å²) in [6, 6.07) is 6.92. The number of hydrogen-bond donors (Lipinski definition) is 3. The van der Waals surface area contributed by atoms with E-state index in [1.54, 1.807) is 31.2 Å². The molecule has 1 aromatic carbocycles. The van der Waals surface area contributed by atoms with Crippen molar-refractivity contribution in [2.45, 2.75) is 33.6 Å². The van der Waals surface area contributed by atoms with Gasteiger partial charge in [0.25, 0.3) is 0 Å². The van der Waals surface area contributed by atoms with Crippen LogP contribution >= 0.6 is 12.2 Å². The first kappa shape index (κ1) is 20.6. The van der Waals surface area contributed by atoms with E-state index in [4.69, 9.17) is 17.0 Å². The zero-order valence-corrected chi connectivity index (χ0v) is 15.4. The van der Waals surface area contributed by atoms with E-state index in [1.807, 2.05) is 13.8 Å². The number of hydrogen-bond acceptors (Lipinski definition) is 5. The standard InChI is InChI=1S/C17H23N3O4S/c1-4-24-15(22)10-9-14(21)20-17(25)19-13-7-5-12(6-8-13)18-16(23)11(2)3/h5-8,11H,4,9-10H2,1-3H3,(H,18,23)(H2,19,20,21,25). The van der Waals surface area contributed by atoms with Crippen molar-refractivity contribution in [3.63, 3.8) is 0 Å². The second-order valence-electron chi connectivity index (χ2n) is 5.53. The van der Waals surface area contributed by atoms with Gasteiger partial charge in [0.2, 0.25) is 11.8 Å². The van der Waals surface area contributed by atoms with Gasteiger partial charge in [-0.15, -0.1) is 0 Å². The van der Waals surface area contributed by atoms with Crippen molar-refractivity contribution in [1.29, 1.82) is 0 Å². The Labute approximate surface area is 152 Å². The molecule has 0 aliphatic rings. The molecule has 0 spiro atoms. The Morgan fingerprint density at radius 2 is 1.60 bits per heavy atom. The van der Waals surface area contributed by atoms with Crippen LogP contribution in [-0.4, -0.2) is 29.5 Å². The highest BCUT2D eigenvalue weighted by Gasteiger charge is 2.10. The summed E-state index contributed by atoms with van der Waals surface area (Å²) in [6.45, 7) is 5.62. The average Bonchev–Trinajstić information content (AvgIpc) is 2.55. The van der Waals surface area contributed by atoms with Crippen molar-refractivity contribution in [1.82, 2.24) is 5.32 Å². The fraction of sp³-hybridized carbons (Fsp3) is 0.412. The molecule has 0 radical (unpaired) electrons. The number of thiocarbonyl (C=S) groups is 1. The Balaban J connectivity index is 2.42. The van der Waals surface area contributed by atoms with Crippen LogP contribution < -0.4 is 16.0 Å². The second-order valence-corrected chi connectivity index (χ2v) is 5.94. The SMILES string of the molecule is CCOC(=O)CCC(=O)NC(=S)Nc1ccc(NC(=O)C(C)C)cc1. The molecule has 25 heavy (non-hydrogen) atoms. The molecular formula is C17H23N3O4S. The topological polar surface area (TPSA) is 96.5 Å². The molecule has 7 nitrogen and oxygen atoms in total. The van der Waals surface area contributed by atoms with Crippen LogP contribution in [0.1, 0.15) is 33.6 Å². The molecule has 3 N–H and O–H groups in total. The van der Waals surface area contributed by atoms with Crippen LogP contribution in [-0.2, 0) is 19.1 Å². The number of esters is 1. The maximum Gasteiger partial charge on any atom is 0.306 e. The number of carbonyl (C=O) groups is 3. The van der Waals surface area contributed by atoms with Crippen molar-refractivity contribution in [3.05, 3.63) is 24.3 Å². The lowest BCUT2D eigenvalue weighted by molar-refractivity contribution is -0.144. The first-order valence-corrected chi connectivity index (χ1v) is 8.40. The number of benzene rings is 1. The molecule has 0 saturated carbocycles. The van der Waals surface area contributed by atoms with Gasteiger partial charge in [0, 0.05) is 23.7 Å². The molecule has 0 aromatic heterocycles. The summed E-state index contributed by atoms with van der Waals surface area (Å²) in [5, 5.41) is 8.26. The largest absolute Gasteiger partial charge is 0.466 e. The van der Waals surface area contributed by atoms with Gasteiger partial charge in [-0.05, 0) is 43.4 Å². The third-order valence-electron chi connectivity index (χ3n) is 3.05. The number of amides is 2. The van der Waals surface area contributed by atoms with Crippen LogP contribution in [0.15, 0.2) is 24.3 Å². The smallest absolute Gasteiger partial charge is 0.306 e. The van der Waals surface area contributed by atoms with Gasteiger partial charge < -0.3 is 20.7 Å². The summed E-state index contributed by atoms with van der Waals surface area (Å²) in [7, 11) is 0. The van der Waals surface area contributed by atoms with Crippen molar-refractivity contribution < 1.29 is 19.1 Å². The maximum atomic E-state index is 11.7. The minimum absolute atomic E-state index is 0.000818. The lowest BCUT2D eigenvalue weighted by Crippen LogP contribution is -2.34. The quantitative estimate of drug-likeness (QED) is 0.507. The third-order valence-corrected chi connectivity index (χ3v) is 3.25. The van der Waals surface area contributed by atoms with Crippen LogP contribution in [0.5, 0.6) is 0 Å². The van der Waals surface area contributed by atoms with Gasteiger partial charge in [0.1, 0.15) is 0 Å². The fourth-order valence-corrected chi connectivity index (χ4v) is 1.96. The van der Waals surface area contributed by atoms with Gasteiger partial charge in [-0.25, -0.2) is 0 Å². The number of nitrogens with one attached hydrogen (secondary N) is 3. The minimum Gasteiger partial charge on any atom is -0.466 e. The predicted molar refractivity (Wildman–Crippen MR) is 100 cm³/mol. The van der Waals surface area contributed by atoms with Crippen LogP contribution in [0.4, 0.5) is 11.4 Å². The van der Waals surface area contributed by atoms with Gasteiger partial charge in [0.15, 0.2) is 5.11 Å². The van der Waals surface area contributed by atoms with E-state index in [1.165, 1.54) is 0 Å². The summed E-state index contributed by atoms with van der Waals surface area (Å²) < 4.78 is 4.75. The Morgan fingerprint density at radius 1 is 1.04 bits per heavy atom. The first-order valence-electron chi connectivity index (χ1n) is 7.99.